The summed E-state index contributed by atoms with van der Waals surface area (Å²) in [4.78, 5) is 47.2. The van der Waals surface area contributed by atoms with Gasteiger partial charge in [0.05, 0.1) is 15.6 Å². The Kier molecular flexibility index (Phi) is 7.32. The second kappa shape index (κ2) is 9.69. The van der Waals surface area contributed by atoms with E-state index in [4.69, 9.17) is 5.73 Å². The minimum atomic E-state index is -0.766. The molecule has 0 saturated heterocycles. The molecule has 0 unspecified atom stereocenters. The van der Waals surface area contributed by atoms with Crippen LogP contribution in [0.15, 0.2) is 47.4 Å². The molecule has 2 aromatic rings. The van der Waals surface area contributed by atoms with Gasteiger partial charge in [0, 0.05) is 37.8 Å². The molecule has 0 heterocycles. The first-order valence-corrected chi connectivity index (χ1v) is 9.47. The summed E-state index contributed by atoms with van der Waals surface area (Å²) in [5.74, 6) is -1.24. The molecule has 0 atom stereocenters. The van der Waals surface area contributed by atoms with Crippen molar-refractivity contribution < 1.29 is 19.3 Å². The van der Waals surface area contributed by atoms with Crippen LogP contribution in [0.2, 0.25) is 0 Å². The number of primary amides is 1. The zero-order valence-corrected chi connectivity index (χ0v) is 16.7. The fourth-order valence-corrected chi connectivity index (χ4v) is 3.21. The maximum atomic E-state index is 12.2. The van der Waals surface area contributed by atoms with Crippen LogP contribution >= 0.6 is 11.8 Å². The predicted octanol–water partition coefficient (Wildman–Crippen LogP) is 2.40. The predicted molar refractivity (Wildman–Crippen MR) is 110 cm³/mol. The van der Waals surface area contributed by atoms with Gasteiger partial charge < -0.3 is 16.0 Å². The van der Waals surface area contributed by atoms with Crippen LogP contribution in [0.1, 0.15) is 22.8 Å². The van der Waals surface area contributed by atoms with E-state index >= 15 is 0 Å². The van der Waals surface area contributed by atoms with E-state index in [1.807, 2.05) is 6.07 Å². The quantitative estimate of drug-likeness (QED) is 0.385. The number of hydrogen-bond acceptors (Lipinski definition) is 6. The smallest absolute Gasteiger partial charge is 0.283 e. The third kappa shape index (κ3) is 6.32. The van der Waals surface area contributed by atoms with Crippen molar-refractivity contribution in [2.75, 3.05) is 18.1 Å². The average Bonchev–Trinajstić information content (AvgIpc) is 2.66. The minimum Gasteiger partial charge on any atom is -0.366 e. The standard InChI is InChI=1S/C19H20N4O5S/c1-12(24)22(2)10-13-4-3-5-15(8-13)21-18(25)11-29-17-7-6-14(19(20)26)9-16(17)23(27)28/h3-9H,10-11H2,1-2H3,(H2,20,26)(H,21,25). The summed E-state index contributed by atoms with van der Waals surface area (Å²) in [5.41, 5.74) is 6.30. The molecule has 0 spiro atoms. The molecule has 9 nitrogen and oxygen atoms in total. The maximum Gasteiger partial charge on any atom is 0.283 e. The topological polar surface area (TPSA) is 136 Å². The normalized spacial score (nSPS) is 10.3. The fraction of sp³-hybridized carbons (Fsp3) is 0.211. The van der Waals surface area contributed by atoms with Crippen LogP contribution in [0.25, 0.3) is 0 Å². The van der Waals surface area contributed by atoms with Gasteiger partial charge in [0.2, 0.25) is 17.7 Å². The average molecular weight is 416 g/mol. The van der Waals surface area contributed by atoms with Gasteiger partial charge in [0.15, 0.2) is 0 Å². The summed E-state index contributed by atoms with van der Waals surface area (Å²) in [6.07, 6.45) is 0. The molecule has 10 heteroatoms. The SMILES string of the molecule is CC(=O)N(C)Cc1cccc(NC(=O)CSc2ccc(C(N)=O)cc2[N+](=O)[O-])c1. The number of hydrogen-bond donors (Lipinski definition) is 2. The van der Waals surface area contributed by atoms with Crippen molar-refractivity contribution in [1.82, 2.24) is 4.90 Å². The first-order valence-electron chi connectivity index (χ1n) is 8.49. The molecule has 0 aliphatic rings. The van der Waals surface area contributed by atoms with Crippen molar-refractivity contribution in [2.45, 2.75) is 18.4 Å². The molecular formula is C19H20N4O5S. The van der Waals surface area contributed by atoms with E-state index in [1.165, 1.54) is 19.1 Å². The molecule has 0 aromatic heterocycles. The highest BCUT2D eigenvalue weighted by Gasteiger charge is 2.18. The highest BCUT2D eigenvalue weighted by atomic mass is 32.2. The van der Waals surface area contributed by atoms with E-state index in [9.17, 15) is 24.5 Å². The van der Waals surface area contributed by atoms with E-state index in [-0.39, 0.29) is 33.7 Å². The summed E-state index contributed by atoms with van der Waals surface area (Å²) in [5, 5.41) is 13.9. The number of nitro benzene ring substituents is 1. The van der Waals surface area contributed by atoms with E-state index in [2.05, 4.69) is 5.32 Å². The van der Waals surface area contributed by atoms with Crippen LogP contribution in [-0.4, -0.2) is 40.3 Å². The first kappa shape index (κ1) is 21.9. The summed E-state index contributed by atoms with van der Waals surface area (Å²) in [7, 11) is 1.68. The molecule has 0 aliphatic carbocycles. The Morgan fingerprint density at radius 2 is 1.93 bits per heavy atom. The van der Waals surface area contributed by atoms with Gasteiger partial charge in [-0.25, -0.2) is 0 Å². The molecule has 29 heavy (non-hydrogen) atoms. The molecule has 0 saturated carbocycles. The lowest BCUT2D eigenvalue weighted by Crippen LogP contribution is -2.23. The highest BCUT2D eigenvalue weighted by Crippen LogP contribution is 2.30. The van der Waals surface area contributed by atoms with E-state index < -0.39 is 10.8 Å². The molecule has 0 bridgehead atoms. The van der Waals surface area contributed by atoms with Crippen LogP contribution in [0.4, 0.5) is 11.4 Å². The Hall–Kier alpha value is -3.40. The van der Waals surface area contributed by atoms with Gasteiger partial charge in [-0.2, -0.15) is 0 Å². The van der Waals surface area contributed by atoms with Crippen LogP contribution in [0.5, 0.6) is 0 Å². The molecular weight excluding hydrogens is 396 g/mol. The van der Waals surface area contributed by atoms with E-state index in [1.54, 1.807) is 30.1 Å². The maximum absolute atomic E-state index is 12.2. The molecule has 0 fully saturated rings. The Balaban J connectivity index is 2.03. The Bertz CT molecular complexity index is 963. The zero-order chi connectivity index (χ0) is 21.6. The molecule has 0 radical (unpaired) electrons. The lowest BCUT2D eigenvalue weighted by molar-refractivity contribution is -0.387. The molecule has 0 aliphatic heterocycles. The van der Waals surface area contributed by atoms with Crippen molar-refractivity contribution in [1.29, 1.82) is 0 Å². The van der Waals surface area contributed by atoms with Crippen molar-refractivity contribution in [3.8, 4) is 0 Å². The zero-order valence-electron chi connectivity index (χ0n) is 15.9. The molecule has 2 aromatic carbocycles. The number of anilines is 1. The number of nitro groups is 1. The second-order valence-corrected chi connectivity index (χ2v) is 7.23. The summed E-state index contributed by atoms with van der Waals surface area (Å²) < 4.78 is 0. The van der Waals surface area contributed by atoms with Crippen LogP contribution in [0, 0.1) is 10.1 Å². The number of benzene rings is 2. The van der Waals surface area contributed by atoms with Crippen LogP contribution in [-0.2, 0) is 16.1 Å². The fourth-order valence-electron chi connectivity index (χ4n) is 2.41. The summed E-state index contributed by atoms with van der Waals surface area (Å²) >= 11 is 0.983. The minimum absolute atomic E-state index is 0.0258. The van der Waals surface area contributed by atoms with Crippen molar-refractivity contribution in [3.05, 3.63) is 63.7 Å². The Labute approximate surface area is 171 Å². The van der Waals surface area contributed by atoms with Gasteiger partial charge in [0.25, 0.3) is 5.69 Å². The number of nitrogens with zero attached hydrogens (tertiary/aromatic N) is 2. The van der Waals surface area contributed by atoms with Gasteiger partial charge >= 0.3 is 0 Å². The van der Waals surface area contributed by atoms with Crippen LogP contribution in [0.3, 0.4) is 0 Å². The Morgan fingerprint density at radius 3 is 2.55 bits per heavy atom. The van der Waals surface area contributed by atoms with E-state index in [0.29, 0.717) is 12.2 Å². The third-order valence-corrected chi connectivity index (χ3v) is 5.03. The number of amides is 3. The van der Waals surface area contributed by atoms with Gasteiger partial charge in [-0.15, -0.1) is 11.8 Å². The number of carbonyl (C=O) groups is 3. The van der Waals surface area contributed by atoms with Gasteiger partial charge in [-0.3, -0.25) is 24.5 Å². The first-order chi connectivity index (χ1) is 13.7. The number of nitrogens with two attached hydrogens (primary N) is 1. The lowest BCUT2D eigenvalue weighted by Gasteiger charge is -2.15. The third-order valence-electron chi connectivity index (χ3n) is 3.97. The number of thioether (sulfide) groups is 1. The molecule has 3 amide bonds. The van der Waals surface area contributed by atoms with Crippen molar-refractivity contribution >= 4 is 40.9 Å². The second-order valence-electron chi connectivity index (χ2n) is 6.22. The number of nitrogens with one attached hydrogen (secondary N) is 1. The monoisotopic (exact) mass is 416 g/mol. The van der Waals surface area contributed by atoms with Gasteiger partial charge in [-0.1, -0.05) is 12.1 Å². The molecule has 152 valence electrons. The summed E-state index contributed by atoms with van der Waals surface area (Å²) in [6, 6.07) is 10.9. The van der Waals surface area contributed by atoms with Gasteiger partial charge in [-0.05, 0) is 29.8 Å². The largest absolute Gasteiger partial charge is 0.366 e. The highest BCUT2D eigenvalue weighted by molar-refractivity contribution is 8.00. The van der Waals surface area contributed by atoms with Crippen molar-refractivity contribution in [2.24, 2.45) is 5.73 Å². The molecule has 2 rings (SSSR count). The number of rotatable bonds is 8. The Morgan fingerprint density at radius 1 is 1.21 bits per heavy atom. The lowest BCUT2D eigenvalue weighted by atomic mass is 10.2. The van der Waals surface area contributed by atoms with Crippen molar-refractivity contribution in [3.63, 3.8) is 0 Å². The van der Waals surface area contributed by atoms with Crippen LogP contribution < -0.4 is 11.1 Å². The number of carbonyl (C=O) groups excluding carboxylic acids is 3. The molecule has 3 N–H and O–H groups in total. The summed E-state index contributed by atoms with van der Waals surface area (Å²) in [6.45, 7) is 1.88. The van der Waals surface area contributed by atoms with Gasteiger partial charge in [0.1, 0.15) is 0 Å². The van der Waals surface area contributed by atoms with E-state index in [0.717, 1.165) is 23.4 Å².